The number of nitrogens with zero attached hydrogens (tertiary/aromatic N) is 1. The van der Waals surface area contributed by atoms with Crippen LogP contribution in [0.3, 0.4) is 0 Å². The van der Waals surface area contributed by atoms with Crippen LogP contribution in [-0.4, -0.2) is 10.1 Å². The number of rotatable bonds is 2. The van der Waals surface area contributed by atoms with Crippen molar-refractivity contribution in [1.82, 2.24) is 4.98 Å². The summed E-state index contributed by atoms with van der Waals surface area (Å²) >= 11 is 0.761. The van der Waals surface area contributed by atoms with Crippen LogP contribution in [0, 0.1) is 5.41 Å². The van der Waals surface area contributed by atoms with Gasteiger partial charge in [0.1, 0.15) is 11.0 Å². The van der Waals surface area contributed by atoms with Crippen LogP contribution in [0.2, 0.25) is 0 Å². The molecule has 2 atom stereocenters. The van der Waals surface area contributed by atoms with Crippen LogP contribution < -0.4 is 0 Å². The lowest BCUT2D eigenvalue weighted by molar-refractivity contribution is -0.134. The zero-order valence-electron chi connectivity index (χ0n) is 19.0. The summed E-state index contributed by atoms with van der Waals surface area (Å²) in [5.41, 5.74) is 4.09. The first-order chi connectivity index (χ1) is 14.9. The summed E-state index contributed by atoms with van der Waals surface area (Å²) in [7, 11) is 0. The van der Waals surface area contributed by atoms with Gasteiger partial charge in [0.2, 0.25) is 0 Å². The summed E-state index contributed by atoms with van der Waals surface area (Å²) in [5.74, 6) is 0.0981. The number of alkyl halides is 3. The molecule has 0 radical (unpaired) electrons. The van der Waals surface area contributed by atoms with Gasteiger partial charge in [-0.15, -0.1) is 11.3 Å². The molecule has 5 rings (SSSR count). The largest absolute Gasteiger partial charge is 0.425 e. The lowest BCUT2D eigenvalue weighted by atomic mass is 9.70. The van der Waals surface area contributed by atoms with E-state index in [4.69, 9.17) is 9.72 Å². The Morgan fingerprint density at radius 3 is 2.44 bits per heavy atom. The zero-order valence-corrected chi connectivity index (χ0v) is 19.8. The maximum Gasteiger partial charge on any atom is 0.425 e. The minimum atomic E-state index is -4.37. The topological polar surface area (TPSA) is 42.4 Å². The molecule has 2 aliphatic carbocycles. The highest BCUT2D eigenvalue weighted by atomic mass is 32.1. The van der Waals surface area contributed by atoms with Gasteiger partial charge < -0.3 is 9.84 Å². The fourth-order valence-corrected chi connectivity index (χ4v) is 6.94. The van der Waals surface area contributed by atoms with Gasteiger partial charge in [0, 0.05) is 27.4 Å². The minimum Gasteiger partial charge on any atom is -0.388 e. The van der Waals surface area contributed by atoms with Crippen LogP contribution in [0.5, 0.6) is 0 Å². The van der Waals surface area contributed by atoms with Crippen molar-refractivity contribution in [2.45, 2.75) is 96.1 Å². The molecule has 174 valence electrons. The normalized spacial score (nSPS) is 26.0. The van der Waals surface area contributed by atoms with Crippen LogP contribution in [-0.2, 0) is 22.9 Å². The second kappa shape index (κ2) is 7.28. The molecule has 1 aliphatic heterocycles. The summed E-state index contributed by atoms with van der Waals surface area (Å²) in [6.45, 7) is 8.45. The number of fused-ring (bicyclic) bond motifs is 4. The Hall–Kier alpha value is -1.44. The van der Waals surface area contributed by atoms with Crippen molar-refractivity contribution in [1.29, 1.82) is 0 Å². The van der Waals surface area contributed by atoms with E-state index >= 15 is 0 Å². The first-order valence-corrected chi connectivity index (χ1v) is 12.3. The number of aliphatic hydroxyl groups excluding tert-OH is 1. The number of aromatic nitrogens is 1. The second-order valence-corrected chi connectivity index (χ2v) is 11.9. The first-order valence-electron chi connectivity index (χ1n) is 11.5. The molecule has 7 heteroatoms. The summed E-state index contributed by atoms with van der Waals surface area (Å²) in [6, 6.07) is 2.71. The van der Waals surface area contributed by atoms with Gasteiger partial charge in [-0.25, -0.2) is 0 Å². The van der Waals surface area contributed by atoms with E-state index in [2.05, 4.69) is 27.7 Å². The van der Waals surface area contributed by atoms with Gasteiger partial charge in [0.15, 0.2) is 0 Å². The van der Waals surface area contributed by atoms with E-state index in [9.17, 15) is 18.3 Å². The van der Waals surface area contributed by atoms with Gasteiger partial charge in [-0.2, -0.15) is 13.2 Å². The van der Waals surface area contributed by atoms with E-state index in [0.29, 0.717) is 11.3 Å². The summed E-state index contributed by atoms with van der Waals surface area (Å²) in [5, 5.41) is 11.3. The van der Waals surface area contributed by atoms with E-state index in [1.807, 2.05) is 0 Å². The number of aliphatic hydroxyl groups is 1. The summed E-state index contributed by atoms with van der Waals surface area (Å²) in [6.07, 6.45) is -0.452. The third-order valence-corrected chi connectivity index (χ3v) is 8.46. The van der Waals surface area contributed by atoms with Gasteiger partial charge in [-0.1, -0.05) is 40.5 Å². The molecule has 1 spiro atoms. The van der Waals surface area contributed by atoms with Crippen LogP contribution in [0.4, 0.5) is 13.2 Å². The number of thiophene rings is 1. The summed E-state index contributed by atoms with van der Waals surface area (Å²) < 4.78 is 46.8. The molecule has 3 heterocycles. The van der Waals surface area contributed by atoms with Gasteiger partial charge in [0.25, 0.3) is 0 Å². The Kier molecular flexibility index (Phi) is 5.08. The van der Waals surface area contributed by atoms with E-state index in [0.717, 1.165) is 77.6 Å². The Labute approximate surface area is 191 Å². The molecule has 0 bridgehead atoms. The van der Waals surface area contributed by atoms with Crippen LogP contribution in [0.25, 0.3) is 0 Å². The Balaban J connectivity index is 1.76. The molecule has 3 nitrogen and oxygen atoms in total. The molecule has 0 aromatic carbocycles. The Morgan fingerprint density at radius 2 is 1.84 bits per heavy atom. The highest BCUT2D eigenvalue weighted by Crippen LogP contribution is 2.60. The van der Waals surface area contributed by atoms with Crippen LogP contribution in [0.1, 0.15) is 116 Å². The molecule has 1 unspecified atom stereocenters. The van der Waals surface area contributed by atoms with Gasteiger partial charge in [0.05, 0.1) is 11.7 Å². The quantitative estimate of drug-likeness (QED) is 0.511. The molecule has 2 aromatic heterocycles. The third kappa shape index (κ3) is 3.43. The maximum atomic E-state index is 13.4. The molecule has 1 fully saturated rings. The number of hydrogen-bond acceptors (Lipinski definition) is 4. The molecule has 1 N–H and O–H groups in total. The van der Waals surface area contributed by atoms with Gasteiger partial charge in [-0.3, -0.25) is 4.98 Å². The average molecular weight is 466 g/mol. The summed E-state index contributed by atoms with van der Waals surface area (Å²) in [4.78, 5) is 5.02. The van der Waals surface area contributed by atoms with E-state index in [-0.39, 0.29) is 11.3 Å². The zero-order chi connectivity index (χ0) is 23.1. The fourth-order valence-electron chi connectivity index (χ4n) is 6.03. The number of halogens is 3. The van der Waals surface area contributed by atoms with Crippen molar-refractivity contribution < 1.29 is 23.0 Å². The third-order valence-electron chi connectivity index (χ3n) is 7.29. The molecule has 32 heavy (non-hydrogen) atoms. The molecule has 3 aliphatic rings. The van der Waals surface area contributed by atoms with Crippen molar-refractivity contribution in [3.05, 3.63) is 50.0 Å². The van der Waals surface area contributed by atoms with E-state index in [1.165, 1.54) is 0 Å². The number of hydrogen-bond donors (Lipinski definition) is 1. The SMILES string of the molecule is CC(C)c1nc2c(c3c1C(c1ccc(C(F)(F)F)s1)OC31CCCC1)[C@@H](O)CC(C)(C)C2. The second-order valence-electron chi connectivity index (χ2n) is 10.8. The minimum absolute atomic E-state index is 0.0566. The first kappa shape index (κ1) is 22.4. The van der Waals surface area contributed by atoms with Crippen molar-refractivity contribution in [2.75, 3.05) is 0 Å². The number of pyridine rings is 1. The monoisotopic (exact) mass is 465 g/mol. The fraction of sp³-hybridized carbons (Fsp3) is 0.640. The average Bonchev–Trinajstić information content (AvgIpc) is 3.39. The van der Waals surface area contributed by atoms with Crippen LogP contribution in [0.15, 0.2) is 12.1 Å². The standard InChI is InChI=1S/C25H30F3NO2S/c1-13(2)21-19-20(18-14(29-21)11-23(3,4)12-15(18)30)24(9-5-6-10-24)31-22(19)16-7-8-17(32-16)25(26,27)28/h7-8,13,15,22,30H,5-6,9-12H2,1-4H3/t15-,22?/m0/s1. The van der Waals surface area contributed by atoms with Crippen LogP contribution >= 0.6 is 11.3 Å². The predicted molar refractivity (Wildman–Crippen MR) is 118 cm³/mol. The molecule has 0 saturated heterocycles. The smallest absolute Gasteiger partial charge is 0.388 e. The molecule has 2 aromatic rings. The van der Waals surface area contributed by atoms with E-state index in [1.54, 1.807) is 6.07 Å². The molecule has 0 amide bonds. The number of ether oxygens (including phenoxy) is 1. The molecule has 1 saturated carbocycles. The van der Waals surface area contributed by atoms with Crippen molar-refractivity contribution in [2.24, 2.45) is 5.41 Å². The lowest BCUT2D eigenvalue weighted by Crippen LogP contribution is -2.32. The predicted octanol–water partition coefficient (Wildman–Crippen LogP) is 7.18. The molecular formula is C25H30F3NO2S. The van der Waals surface area contributed by atoms with Crippen molar-refractivity contribution in [3.63, 3.8) is 0 Å². The van der Waals surface area contributed by atoms with E-state index < -0.39 is 28.9 Å². The van der Waals surface area contributed by atoms with Crippen molar-refractivity contribution in [3.8, 4) is 0 Å². The highest BCUT2D eigenvalue weighted by Gasteiger charge is 2.53. The lowest BCUT2D eigenvalue weighted by Gasteiger charge is -2.38. The maximum absolute atomic E-state index is 13.4. The van der Waals surface area contributed by atoms with Gasteiger partial charge >= 0.3 is 6.18 Å². The van der Waals surface area contributed by atoms with Crippen molar-refractivity contribution >= 4 is 11.3 Å². The highest BCUT2D eigenvalue weighted by molar-refractivity contribution is 7.12. The Bertz CT molecular complexity index is 1050. The Morgan fingerprint density at radius 1 is 1.16 bits per heavy atom. The molecular weight excluding hydrogens is 435 g/mol. The van der Waals surface area contributed by atoms with Gasteiger partial charge in [-0.05, 0) is 54.7 Å².